The molecule has 0 radical (unpaired) electrons. The fourth-order valence-corrected chi connectivity index (χ4v) is 9.69. The molecule has 0 spiro atoms. The van der Waals surface area contributed by atoms with Gasteiger partial charge in [-0.1, -0.05) is 37.8 Å². The maximum absolute atomic E-state index is 14.8. The molecule has 18 heteroatoms. The highest BCUT2D eigenvalue weighted by molar-refractivity contribution is 7.91. The molecule has 2 aromatic rings. The van der Waals surface area contributed by atoms with Gasteiger partial charge in [0, 0.05) is 18.4 Å². The number of nitrogens with zero attached hydrogens (tertiary/aromatic N) is 3. The highest BCUT2D eigenvalue weighted by atomic mass is 32.2. The number of aromatic nitrogens is 2. The second kappa shape index (κ2) is 16.0. The average Bonchev–Trinajstić information content (AvgIpc) is 3.98. The van der Waals surface area contributed by atoms with Gasteiger partial charge in [-0.25, -0.2) is 23.2 Å². The van der Waals surface area contributed by atoms with Crippen LogP contribution in [-0.2, 0) is 33.9 Å². The summed E-state index contributed by atoms with van der Waals surface area (Å²) in [5.41, 5.74) is -1.20. The van der Waals surface area contributed by atoms with E-state index in [9.17, 15) is 32.4 Å². The first-order valence-electron chi connectivity index (χ1n) is 20.1. The Morgan fingerprint density at radius 3 is 2.43 bits per heavy atom. The summed E-state index contributed by atoms with van der Waals surface area (Å²) in [6, 6.07) is 3.04. The standard InChI is InChI=1S/C40H53N7O10S/c1-24-33(42-30-20-26(55-3)14-15-28(30)41-24)57-27-21-31-32(48)44-40(36(51)46-58(53,54)38(2)18-19-38)22-25(40)12-8-6-5-7-9-13-29(34(49)47(31)23-27)43-35(50)39(16-10-11-17-39)45-37(52)56-4/h8,12,14-15,20,25,27,29,31H,5-7,9-11,13,16-19,21-23H2,1-4H3,(H,43,50)(H,44,48)(H,45,52)(H,46,51)/b12-8-/t25-,27-,29+,31+,40-/m1/s1. The highest BCUT2D eigenvalue weighted by Gasteiger charge is 2.63. The predicted octanol–water partition coefficient (Wildman–Crippen LogP) is 2.84. The molecule has 0 unspecified atom stereocenters. The number of nitrogens with one attached hydrogen (secondary N) is 4. The number of methoxy groups -OCH3 is 2. The first-order chi connectivity index (χ1) is 27.6. The Bertz CT molecular complexity index is 2120. The van der Waals surface area contributed by atoms with Crippen molar-refractivity contribution in [1.82, 2.24) is 35.5 Å². The van der Waals surface area contributed by atoms with Crippen LogP contribution in [0.15, 0.2) is 30.4 Å². The van der Waals surface area contributed by atoms with E-state index in [1.54, 1.807) is 39.2 Å². The van der Waals surface area contributed by atoms with E-state index in [0.29, 0.717) is 73.8 Å². The van der Waals surface area contributed by atoms with E-state index in [-0.39, 0.29) is 31.7 Å². The Balaban J connectivity index is 1.20. The van der Waals surface area contributed by atoms with Crippen LogP contribution >= 0.6 is 0 Å². The molecule has 3 heterocycles. The van der Waals surface area contributed by atoms with Crippen LogP contribution < -0.4 is 30.1 Å². The van der Waals surface area contributed by atoms with Crippen molar-refractivity contribution in [3.63, 3.8) is 0 Å². The smallest absolute Gasteiger partial charge is 0.407 e. The molecule has 3 saturated carbocycles. The van der Waals surface area contributed by atoms with Crippen LogP contribution in [0.25, 0.3) is 11.0 Å². The van der Waals surface area contributed by atoms with E-state index in [2.05, 4.69) is 30.6 Å². The maximum atomic E-state index is 14.8. The first-order valence-corrected chi connectivity index (χ1v) is 21.6. The number of hydrogen-bond acceptors (Lipinski definition) is 12. The monoisotopic (exact) mass is 823 g/mol. The van der Waals surface area contributed by atoms with Crippen LogP contribution in [0.3, 0.4) is 0 Å². The Kier molecular flexibility index (Phi) is 11.3. The number of hydrogen-bond donors (Lipinski definition) is 4. The summed E-state index contributed by atoms with van der Waals surface area (Å²) in [4.78, 5) is 80.4. The number of benzene rings is 1. The lowest BCUT2D eigenvalue weighted by atomic mass is 9.95. The van der Waals surface area contributed by atoms with Crippen LogP contribution in [0, 0.1) is 12.8 Å². The van der Waals surface area contributed by atoms with Crippen molar-refractivity contribution in [2.45, 2.75) is 131 Å². The number of allylic oxidation sites excluding steroid dienone is 1. The van der Waals surface area contributed by atoms with Gasteiger partial charge in [-0.2, -0.15) is 0 Å². The number of fused-ring (bicyclic) bond motifs is 3. The zero-order chi connectivity index (χ0) is 41.5. The van der Waals surface area contributed by atoms with E-state index in [4.69, 9.17) is 14.2 Å². The molecule has 4 fully saturated rings. The number of carbonyl (C=O) groups excluding carboxylic acids is 5. The van der Waals surface area contributed by atoms with Gasteiger partial charge in [0.15, 0.2) is 0 Å². The Labute approximate surface area is 337 Å². The van der Waals surface area contributed by atoms with Crippen molar-refractivity contribution in [3.05, 3.63) is 36.0 Å². The maximum Gasteiger partial charge on any atom is 0.407 e. The van der Waals surface area contributed by atoms with Gasteiger partial charge in [-0.05, 0) is 77.3 Å². The van der Waals surface area contributed by atoms with Crippen LogP contribution in [0.5, 0.6) is 11.6 Å². The van der Waals surface area contributed by atoms with Gasteiger partial charge in [-0.15, -0.1) is 0 Å². The lowest BCUT2D eigenvalue weighted by Crippen LogP contribution is -2.62. The van der Waals surface area contributed by atoms with Gasteiger partial charge in [0.1, 0.15) is 40.7 Å². The van der Waals surface area contributed by atoms with Gasteiger partial charge in [0.25, 0.3) is 5.91 Å². The second-order valence-corrected chi connectivity index (χ2v) is 18.8. The minimum atomic E-state index is -4.02. The number of amides is 5. The molecule has 2 aliphatic heterocycles. The molecule has 7 rings (SSSR count). The Hall–Kier alpha value is -5.00. The molecule has 1 aromatic carbocycles. The van der Waals surface area contributed by atoms with Gasteiger partial charge in [0.2, 0.25) is 33.6 Å². The zero-order valence-electron chi connectivity index (χ0n) is 33.4. The molecule has 5 amide bonds. The largest absolute Gasteiger partial charge is 0.497 e. The van der Waals surface area contributed by atoms with Crippen LogP contribution in [-0.4, -0.2) is 108 Å². The molecule has 58 heavy (non-hydrogen) atoms. The molecular weight excluding hydrogens is 771 g/mol. The number of rotatable bonds is 9. The number of alkyl carbamates (subject to hydrolysis) is 1. The van der Waals surface area contributed by atoms with Gasteiger partial charge >= 0.3 is 6.09 Å². The molecular formula is C40H53N7O10S. The van der Waals surface area contributed by atoms with Crippen molar-refractivity contribution >= 4 is 50.8 Å². The lowest BCUT2D eigenvalue weighted by molar-refractivity contribution is -0.143. The second-order valence-electron chi connectivity index (χ2n) is 16.6. The van der Waals surface area contributed by atoms with Crippen LogP contribution in [0.2, 0.25) is 0 Å². The summed E-state index contributed by atoms with van der Waals surface area (Å²) in [6.07, 6.45) is 8.38. The Morgan fingerprint density at radius 2 is 1.72 bits per heavy atom. The van der Waals surface area contributed by atoms with Gasteiger partial charge in [-0.3, -0.25) is 23.9 Å². The third-order valence-electron chi connectivity index (χ3n) is 12.5. The fraction of sp³-hybridized carbons (Fsp3) is 0.625. The molecule has 5 atom stereocenters. The molecule has 1 aromatic heterocycles. The number of ether oxygens (including phenoxy) is 3. The minimum absolute atomic E-state index is 0.00207. The summed E-state index contributed by atoms with van der Waals surface area (Å²) in [5, 5.41) is 8.54. The molecule has 0 bridgehead atoms. The first kappa shape index (κ1) is 41.2. The summed E-state index contributed by atoms with van der Waals surface area (Å²) in [5.74, 6) is -2.21. The van der Waals surface area contributed by atoms with Crippen molar-refractivity contribution in [2.24, 2.45) is 5.92 Å². The van der Waals surface area contributed by atoms with E-state index in [1.807, 2.05) is 12.2 Å². The van der Waals surface area contributed by atoms with Gasteiger partial charge in [0.05, 0.1) is 36.5 Å². The van der Waals surface area contributed by atoms with Crippen LogP contribution in [0.1, 0.15) is 96.1 Å². The summed E-state index contributed by atoms with van der Waals surface area (Å²) in [7, 11) is -1.26. The van der Waals surface area contributed by atoms with Crippen molar-refractivity contribution in [2.75, 3.05) is 20.8 Å². The third-order valence-corrected chi connectivity index (χ3v) is 14.6. The quantitative estimate of drug-likeness (QED) is 0.268. The molecule has 314 valence electrons. The van der Waals surface area contributed by atoms with Crippen LogP contribution in [0.4, 0.5) is 4.79 Å². The van der Waals surface area contributed by atoms with E-state index in [0.717, 1.165) is 12.8 Å². The molecule has 5 aliphatic rings. The summed E-state index contributed by atoms with van der Waals surface area (Å²) >= 11 is 0. The highest BCUT2D eigenvalue weighted by Crippen LogP contribution is 2.47. The fourth-order valence-electron chi connectivity index (χ4n) is 8.38. The van der Waals surface area contributed by atoms with Crippen molar-refractivity contribution in [1.29, 1.82) is 0 Å². The number of aryl methyl sites for hydroxylation is 1. The molecule has 17 nitrogen and oxygen atoms in total. The topological polar surface area (TPSA) is 224 Å². The van der Waals surface area contributed by atoms with E-state index >= 15 is 0 Å². The van der Waals surface area contributed by atoms with E-state index in [1.165, 1.54) is 12.0 Å². The molecule has 4 N–H and O–H groups in total. The molecule has 1 saturated heterocycles. The SMILES string of the molecule is COC(=O)NC1(C(=O)N[C@H]2CCCCC/C=C\[C@@H]3C[C@@]3(C(=O)NS(=O)(=O)C3(C)CC3)NC(=O)[C@@H]3C[C@@H](Oc4nc5cc(OC)ccc5nc4C)CN3C2=O)CCCC1. The number of sulfonamides is 1. The average molecular weight is 824 g/mol. The molecule has 3 aliphatic carbocycles. The summed E-state index contributed by atoms with van der Waals surface area (Å²) in [6.45, 7) is 3.25. The van der Waals surface area contributed by atoms with E-state index < -0.39 is 79.7 Å². The minimum Gasteiger partial charge on any atom is -0.497 e. The zero-order valence-corrected chi connectivity index (χ0v) is 34.2. The van der Waals surface area contributed by atoms with Gasteiger partial charge < -0.3 is 35.1 Å². The third kappa shape index (κ3) is 8.16. The van der Waals surface area contributed by atoms with Crippen molar-refractivity contribution in [3.8, 4) is 11.6 Å². The summed E-state index contributed by atoms with van der Waals surface area (Å²) < 4.78 is 44.2. The van der Waals surface area contributed by atoms with Crippen molar-refractivity contribution < 1.29 is 46.6 Å². The lowest BCUT2D eigenvalue weighted by Gasteiger charge is -2.33. The normalized spacial score (nSPS) is 28.4. The Morgan fingerprint density at radius 1 is 0.966 bits per heavy atom. The predicted molar refractivity (Wildman–Crippen MR) is 210 cm³/mol. The number of carbonyl (C=O) groups is 5.